The van der Waals surface area contributed by atoms with E-state index in [-0.39, 0.29) is 5.60 Å². The van der Waals surface area contributed by atoms with E-state index >= 15 is 0 Å². The molecule has 82 valence electrons. The number of hydrogen-bond acceptors (Lipinski definition) is 3. The Morgan fingerprint density at radius 2 is 2.00 bits per heavy atom. The lowest BCUT2D eigenvalue weighted by atomic mass is 9.80. The predicted octanol–water partition coefficient (Wildman–Crippen LogP) is 0.491. The first kappa shape index (κ1) is 10.4. The summed E-state index contributed by atoms with van der Waals surface area (Å²) in [6, 6.07) is 0. The summed E-state index contributed by atoms with van der Waals surface area (Å²) in [6.45, 7) is 4.22. The minimum Gasteiger partial charge on any atom is -0.389 e. The van der Waals surface area contributed by atoms with E-state index in [9.17, 15) is 5.11 Å². The fourth-order valence-corrected chi connectivity index (χ4v) is 2.36. The highest BCUT2D eigenvalue weighted by atomic mass is 16.3. The Bertz CT molecular complexity index is 174. The summed E-state index contributed by atoms with van der Waals surface area (Å²) in [6.07, 6.45) is 5.75. The minimum atomic E-state index is -0.354. The summed E-state index contributed by atoms with van der Waals surface area (Å²) >= 11 is 0. The number of hydrogen-bond donors (Lipinski definition) is 3. The maximum Gasteiger partial charge on any atom is 0.0771 e. The first-order valence-corrected chi connectivity index (χ1v) is 5.92. The predicted molar refractivity (Wildman–Crippen MR) is 57.3 cm³/mol. The van der Waals surface area contributed by atoms with E-state index < -0.39 is 0 Å². The van der Waals surface area contributed by atoms with Crippen molar-refractivity contribution in [3.05, 3.63) is 0 Å². The van der Waals surface area contributed by atoms with Gasteiger partial charge >= 0.3 is 0 Å². The molecule has 2 fully saturated rings. The van der Waals surface area contributed by atoms with Crippen LogP contribution in [0.3, 0.4) is 0 Å². The molecule has 0 bridgehead atoms. The van der Waals surface area contributed by atoms with Crippen molar-refractivity contribution in [2.75, 3.05) is 26.2 Å². The second-order valence-electron chi connectivity index (χ2n) is 4.90. The SMILES string of the molecule is OC1(CNCC2CCNCC2)CCC1. The number of rotatable bonds is 4. The summed E-state index contributed by atoms with van der Waals surface area (Å²) in [7, 11) is 0. The molecule has 1 saturated heterocycles. The molecule has 0 atom stereocenters. The molecule has 2 aliphatic rings. The van der Waals surface area contributed by atoms with E-state index in [2.05, 4.69) is 10.6 Å². The second kappa shape index (κ2) is 4.60. The molecule has 3 nitrogen and oxygen atoms in total. The van der Waals surface area contributed by atoms with Gasteiger partial charge in [-0.2, -0.15) is 0 Å². The Kier molecular flexibility index (Phi) is 3.42. The number of piperidine rings is 1. The number of aliphatic hydroxyl groups is 1. The van der Waals surface area contributed by atoms with Gasteiger partial charge in [-0.05, 0) is 57.7 Å². The lowest BCUT2D eigenvalue weighted by Gasteiger charge is -2.37. The van der Waals surface area contributed by atoms with Gasteiger partial charge in [-0.15, -0.1) is 0 Å². The van der Waals surface area contributed by atoms with Gasteiger partial charge in [0.1, 0.15) is 0 Å². The van der Waals surface area contributed by atoms with Gasteiger partial charge in [0.05, 0.1) is 5.60 Å². The van der Waals surface area contributed by atoms with Gasteiger partial charge in [0, 0.05) is 6.54 Å². The van der Waals surface area contributed by atoms with Crippen molar-refractivity contribution in [2.45, 2.75) is 37.7 Å². The van der Waals surface area contributed by atoms with Crippen LogP contribution in [-0.2, 0) is 0 Å². The van der Waals surface area contributed by atoms with Gasteiger partial charge in [0.15, 0.2) is 0 Å². The average Bonchev–Trinajstić information content (AvgIpc) is 2.17. The normalized spacial score (nSPS) is 27.2. The second-order valence-corrected chi connectivity index (χ2v) is 4.90. The maximum absolute atomic E-state index is 9.86. The first-order valence-electron chi connectivity index (χ1n) is 5.92. The third kappa shape index (κ3) is 2.69. The van der Waals surface area contributed by atoms with E-state index in [1.165, 1.54) is 19.3 Å². The maximum atomic E-state index is 9.86. The van der Waals surface area contributed by atoms with Gasteiger partial charge < -0.3 is 15.7 Å². The van der Waals surface area contributed by atoms with Crippen molar-refractivity contribution in [2.24, 2.45) is 5.92 Å². The van der Waals surface area contributed by atoms with Crippen molar-refractivity contribution < 1.29 is 5.11 Å². The van der Waals surface area contributed by atoms with Crippen molar-refractivity contribution in [1.82, 2.24) is 10.6 Å². The lowest BCUT2D eigenvalue weighted by molar-refractivity contribution is -0.0318. The summed E-state index contributed by atoms with van der Waals surface area (Å²) in [5.74, 6) is 0.819. The Labute approximate surface area is 86.3 Å². The zero-order valence-corrected chi connectivity index (χ0v) is 8.89. The average molecular weight is 198 g/mol. The summed E-state index contributed by atoms with van der Waals surface area (Å²) in [4.78, 5) is 0. The molecule has 3 heteroatoms. The van der Waals surface area contributed by atoms with Crippen molar-refractivity contribution in [3.63, 3.8) is 0 Å². The largest absolute Gasteiger partial charge is 0.389 e. The lowest BCUT2D eigenvalue weighted by Crippen LogP contribution is -2.47. The van der Waals surface area contributed by atoms with Crippen LogP contribution in [-0.4, -0.2) is 36.9 Å². The van der Waals surface area contributed by atoms with E-state index in [0.29, 0.717) is 0 Å². The van der Waals surface area contributed by atoms with Crippen LogP contribution in [0.25, 0.3) is 0 Å². The fourth-order valence-electron chi connectivity index (χ4n) is 2.36. The van der Waals surface area contributed by atoms with Gasteiger partial charge in [-0.3, -0.25) is 0 Å². The molecule has 3 N–H and O–H groups in total. The molecule has 2 rings (SSSR count). The van der Waals surface area contributed by atoms with E-state index in [1.807, 2.05) is 0 Å². The highest BCUT2D eigenvalue weighted by molar-refractivity contribution is 4.89. The number of nitrogens with one attached hydrogen (secondary N) is 2. The van der Waals surface area contributed by atoms with Crippen LogP contribution in [0, 0.1) is 5.92 Å². The quantitative estimate of drug-likeness (QED) is 0.616. The van der Waals surface area contributed by atoms with Crippen LogP contribution in [0.1, 0.15) is 32.1 Å². The van der Waals surface area contributed by atoms with E-state index in [0.717, 1.165) is 44.9 Å². The molecule has 1 aliphatic carbocycles. The molecular weight excluding hydrogens is 176 g/mol. The standard InChI is InChI=1S/C11H22N2O/c14-11(4-1-5-11)9-13-8-10-2-6-12-7-3-10/h10,12-14H,1-9H2. The van der Waals surface area contributed by atoms with E-state index in [4.69, 9.17) is 0 Å². The Balaban J connectivity index is 1.57. The molecule has 1 aliphatic heterocycles. The molecule has 0 amide bonds. The third-order valence-electron chi connectivity index (χ3n) is 3.63. The van der Waals surface area contributed by atoms with Crippen molar-refractivity contribution in [3.8, 4) is 0 Å². The van der Waals surface area contributed by atoms with E-state index in [1.54, 1.807) is 0 Å². The Morgan fingerprint density at radius 1 is 1.29 bits per heavy atom. The zero-order chi connectivity index (χ0) is 9.86. The molecule has 0 aromatic rings. The molecule has 1 saturated carbocycles. The van der Waals surface area contributed by atoms with Crippen LogP contribution in [0.15, 0.2) is 0 Å². The van der Waals surface area contributed by atoms with Crippen molar-refractivity contribution >= 4 is 0 Å². The highest BCUT2D eigenvalue weighted by Crippen LogP contribution is 2.30. The molecular formula is C11H22N2O. The Morgan fingerprint density at radius 3 is 2.57 bits per heavy atom. The van der Waals surface area contributed by atoms with Crippen molar-refractivity contribution in [1.29, 1.82) is 0 Å². The molecule has 0 spiro atoms. The molecule has 1 heterocycles. The van der Waals surface area contributed by atoms with Crippen LogP contribution in [0.2, 0.25) is 0 Å². The third-order valence-corrected chi connectivity index (χ3v) is 3.63. The monoisotopic (exact) mass is 198 g/mol. The van der Waals surface area contributed by atoms with Crippen LogP contribution < -0.4 is 10.6 Å². The zero-order valence-electron chi connectivity index (χ0n) is 8.89. The van der Waals surface area contributed by atoms with Crippen LogP contribution in [0.4, 0.5) is 0 Å². The fraction of sp³-hybridized carbons (Fsp3) is 1.00. The summed E-state index contributed by atoms with van der Waals surface area (Å²) in [5.41, 5.74) is -0.354. The summed E-state index contributed by atoms with van der Waals surface area (Å²) < 4.78 is 0. The van der Waals surface area contributed by atoms with Gasteiger partial charge in [0.25, 0.3) is 0 Å². The molecule has 0 aromatic carbocycles. The Hall–Kier alpha value is -0.120. The van der Waals surface area contributed by atoms with Gasteiger partial charge in [-0.1, -0.05) is 0 Å². The molecule has 0 aromatic heterocycles. The molecule has 14 heavy (non-hydrogen) atoms. The molecule has 0 unspecified atom stereocenters. The van der Waals surface area contributed by atoms with Crippen LogP contribution >= 0.6 is 0 Å². The highest BCUT2D eigenvalue weighted by Gasteiger charge is 2.33. The topological polar surface area (TPSA) is 44.3 Å². The van der Waals surface area contributed by atoms with Crippen LogP contribution in [0.5, 0.6) is 0 Å². The minimum absolute atomic E-state index is 0.354. The summed E-state index contributed by atoms with van der Waals surface area (Å²) in [5, 5.41) is 16.7. The first-order chi connectivity index (χ1) is 6.79. The smallest absolute Gasteiger partial charge is 0.0771 e. The molecule has 0 radical (unpaired) electrons. The van der Waals surface area contributed by atoms with Gasteiger partial charge in [-0.25, -0.2) is 0 Å². The van der Waals surface area contributed by atoms with Gasteiger partial charge in [0.2, 0.25) is 0 Å².